The van der Waals surface area contributed by atoms with Gasteiger partial charge in [0.25, 0.3) is 0 Å². The van der Waals surface area contributed by atoms with Gasteiger partial charge in [-0.05, 0) is 36.7 Å². The van der Waals surface area contributed by atoms with Crippen molar-refractivity contribution < 1.29 is 8.85 Å². The van der Waals surface area contributed by atoms with Gasteiger partial charge in [0, 0.05) is 7.11 Å². The average Bonchev–Trinajstić information content (AvgIpc) is 2.36. The summed E-state index contributed by atoms with van der Waals surface area (Å²) in [6.45, 7) is 10.0. The fourth-order valence-corrected chi connectivity index (χ4v) is 2.75. The van der Waals surface area contributed by atoms with Crippen LogP contribution in [0.25, 0.3) is 6.08 Å². The van der Waals surface area contributed by atoms with Gasteiger partial charge in [-0.3, -0.25) is 0 Å². The van der Waals surface area contributed by atoms with Crippen LogP contribution in [0.2, 0.25) is 13.1 Å². The minimum absolute atomic E-state index is 0.108. The van der Waals surface area contributed by atoms with E-state index in [1.807, 2.05) is 18.2 Å². The van der Waals surface area contributed by atoms with Gasteiger partial charge in [0.15, 0.2) is 0 Å². The van der Waals surface area contributed by atoms with E-state index in [9.17, 15) is 0 Å². The molecule has 0 saturated heterocycles. The van der Waals surface area contributed by atoms with Crippen LogP contribution in [-0.4, -0.2) is 15.7 Å². The molecule has 0 amide bonds. The lowest BCUT2D eigenvalue weighted by Crippen LogP contribution is -2.34. The van der Waals surface area contributed by atoms with Gasteiger partial charge in [-0.1, -0.05) is 37.8 Å². The Kier molecular flexibility index (Phi) is 5.12. The highest BCUT2D eigenvalue weighted by Gasteiger charge is 2.27. The zero-order valence-electron chi connectivity index (χ0n) is 11.2. The molecule has 0 aromatic heterocycles. The predicted octanol–water partition coefficient (Wildman–Crippen LogP) is 4.15. The van der Waals surface area contributed by atoms with Crippen LogP contribution in [0.5, 0.6) is 0 Å². The Hall–Kier alpha value is -0.903. The highest BCUT2D eigenvalue weighted by Crippen LogP contribution is 2.26. The molecule has 94 valence electrons. The van der Waals surface area contributed by atoms with Crippen LogP contribution < -0.4 is 0 Å². The Morgan fingerprint density at radius 2 is 2.12 bits per heavy atom. The smallest absolute Gasteiger partial charge is 0.331 e. The summed E-state index contributed by atoms with van der Waals surface area (Å²) in [4.78, 5) is 0. The van der Waals surface area contributed by atoms with Crippen molar-refractivity contribution in [1.82, 2.24) is 0 Å². The topological polar surface area (TPSA) is 18.5 Å². The third-order valence-electron chi connectivity index (χ3n) is 2.81. The molecule has 1 rings (SSSR count). The maximum absolute atomic E-state index is 6.10. The monoisotopic (exact) mass is 250 g/mol. The van der Waals surface area contributed by atoms with Crippen LogP contribution >= 0.6 is 0 Å². The lowest BCUT2D eigenvalue weighted by molar-refractivity contribution is 0.134. The largest absolute Gasteiger partial charge is 0.398 e. The maximum atomic E-state index is 6.10. The molecule has 1 atom stereocenters. The highest BCUT2D eigenvalue weighted by molar-refractivity contribution is 6.64. The molecule has 0 heterocycles. The maximum Gasteiger partial charge on any atom is 0.331 e. The molecule has 1 unspecified atom stereocenters. The molecule has 0 radical (unpaired) electrons. The summed E-state index contributed by atoms with van der Waals surface area (Å²) in [5.74, 6) is 0. The van der Waals surface area contributed by atoms with Crippen LogP contribution in [-0.2, 0) is 8.85 Å². The van der Waals surface area contributed by atoms with E-state index < -0.39 is 8.56 Å². The SMILES string of the molecule is C=Cc1cccc(C(CC)O[Si](C)(C)OC)c1. The lowest BCUT2D eigenvalue weighted by atomic mass is 10.0. The zero-order chi connectivity index (χ0) is 12.9. The second-order valence-electron chi connectivity index (χ2n) is 4.49. The first-order valence-electron chi connectivity index (χ1n) is 5.97. The van der Waals surface area contributed by atoms with E-state index in [-0.39, 0.29) is 6.10 Å². The molecule has 17 heavy (non-hydrogen) atoms. The van der Waals surface area contributed by atoms with E-state index in [1.165, 1.54) is 5.56 Å². The van der Waals surface area contributed by atoms with Gasteiger partial charge >= 0.3 is 8.56 Å². The molecule has 0 N–H and O–H groups in total. The first-order chi connectivity index (χ1) is 8.02. The second kappa shape index (κ2) is 6.14. The van der Waals surface area contributed by atoms with Crippen LogP contribution in [0, 0.1) is 0 Å². The summed E-state index contributed by atoms with van der Waals surface area (Å²) >= 11 is 0. The molecular formula is C14H22O2Si. The third-order valence-corrected chi connectivity index (χ3v) is 4.64. The number of hydrogen-bond donors (Lipinski definition) is 0. The fraction of sp³-hybridized carbons (Fsp3) is 0.429. The van der Waals surface area contributed by atoms with Crippen molar-refractivity contribution in [1.29, 1.82) is 0 Å². The molecule has 2 nitrogen and oxygen atoms in total. The lowest BCUT2D eigenvalue weighted by Gasteiger charge is -2.27. The quantitative estimate of drug-likeness (QED) is 0.706. The summed E-state index contributed by atoms with van der Waals surface area (Å²) < 4.78 is 11.5. The number of benzene rings is 1. The molecule has 1 aromatic carbocycles. The van der Waals surface area contributed by atoms with Gasteiger partial charge in [0.2, 0.25) is 0 Å². The van der Waals surface area contributed by atoms with Crippen molar-refractivity contribution in [3.63, 3.8) is 0 Å². The van der Waals surface area contributed by atoms with Gasteiger partial charge in [-0.25, -0.2) is 0 Å². The van der Waals surface area contributed by atoms with E-state index in [1.54, 1.807) is 7.11 Å². The molecule has 1 aromatic rings. The Labute approximate surface area is 106 Å². The van der Waals surface area contributed by atoms with Crippen molar-refractivity contribution >= 4 is 14.6 Å². The normalized spacial score (nSPS) is 13.4. The van der Waals surface area contributed by atoms with Crippen molar-refractivity contribution in [2.45, 2.75) is 32.5 Å². The van der Waals surface area contributed by atoms with Gasteiger partial charge in [-0.2, -0.15) is 0 Å². The molecule has 0 saturated carbocycles. The van der Waals surface area contributed by atoms with Crippen LogP contribution in [0.15, 0.2) is 30.8 Å². The molecule has 0 aliphatic carbocycles. The van der Waals surface area contributed by atoms with Crippen molar-refractivity contribution in [3.8, 4) is 0 Å². The Morgan fingerprint density at radius 1 is 1.41 bits per heavy atom. The zero-order valence-corrected chi connectivity index (χ0v) is 12.2. The Bertz CT molecular complexity index is 374. The number of hydrogen-bond acceptors (Lipinski definition) is 2. The second-order valence-corrected chi connectivity index (χ2v) is 7.94. The minimum atomic E-state index is -2.00. The Balaban J connectivity index is 2.89. The first kappa shape index (κ1) is 14.2. The van der Waals surface area contributed by atoms with E-state index in [2.05, 4.69) is 38.7 Å². The fourth-order valence-electron chi connectivity index (χ4n) is 1.66. The van der Waals surface area contributed by atoms with E-state index >= 15 is 0 Å². The van der Waals surface area contributed by atoms with E-state index in [0.29, 0.717) is 0 Å². The molecule has 0 bridgehead atoms. The summed E-state index contributed by atoms with van der Waals surface area (Å²) in [5, 5.41) is 0. The van der Waals surface area contributed by atoms with Gasteiger partial charge in [0.1, 0.15) is 0 Å². The molecule has 0 fully saturated rings. The molecule has 0 aliphatic heterocycles. The van der Waals surface area contributed by atoms with Gasteiger partial charge < -0.3 is 8.85 Å². The molecule has 0 spiro atoms. The molecular weight excluding hydrogens is 228 g/mol. The third kappa shape index (κ3) is 4.11. The summed E-state index contributed by atoms with van der Waals surface area (Å²) in [7, 11) is -0.276. The highest BCUT2D eigenvalue weighted by atomic mass is 28.4. The van der Waals surface area contributed by atoms with Crippen molar-refractivity contribution in [2.24, 2.45) is 0 Å². The van der Waals surface area contributed by atoms with Gasteiger partial charge in [-0.15, -0.1) is 0 Å². The standard InChI is InChI=1S/C14H22O2Si/c1-6-12-9-8-10-13(11-12)14(7-2)16-17(4,5)15-3/h6,8-11,14H,1,7H2,2-5H3. The first-order valence-corrected chi connectivity index (χ1v) is 8.79. The van der Waals surface area contributed by atoms with Crippen LogP contribution in [0.1, 0.15) is 30.6 Å². The van der Waals surface area contributed by atoms with Crippen molar-refractivity contribution in [3.05, 3.63) is 42.0 Å². The summed E-state index contributed by atoms with van der Waals surface area (Å²) in [6, 6.07) is 8.31. The number of rotatable bonds is 6. The summed E-state index contributed by atoms with van der Waals surface area (Å²) in [5.41, 5.74) is 2.32. The van der Waals surface area contributed by atoms with Crippen LogP contribution in [0.3, 0.4) is 0 Å². The minimum Gasteiger partial charge on any atom is -0.398 e. The Morgan fingerprint density at radius 3 is 2.65 bits per heavy atom. The average molecular weight is 250 g/mol. The summed E-state index contributed by atoms with van der Waals surface area (Å²) in [6.07, 6.45) is 2.91. The van der Waals surface area contributed by atoms with Crippen LogP contribution in [0.4, 0.5) is 0 Å². The van der Waals surface area contributed by atoms with Crippen molar-refractivity contribution in [2.75, 3.05) is 7.11 Å². The van der Waals surface area contributed by atoms with Gasteiger partial charge in [0.05, 0.1) is 6.10 Å². The predicted molar refractivity (Wildman–Crippen MR) is 75.1 cm³/mol. The molecule has 3 heteroatoms. The van der Waals surface area contributed by atoms with E-state index in [4.69, 9.17) is 8.85 Å². The van der Waals surface area contributed by atoms with E-state index in [0.717, 1.165) is 12.0 Å². The molecule has 0 aliphatic rings.